The zero-order chi connectivity index (χ0) is 23.2. The van der Waals surface area contributed by atoms with Crippen molar-refractivity contribution in [2.75, 3.05) is 4.90 Å². The fourth-order valence-electron chi connectivity index (χ4n) is 4.45. The molecule has 0 bridgehead atoms. The summed E-state index contributed by atoms with van der Waals surface area (Å²) >= 11 is 3.45. The number of benzene rings is 3. The normalized spacial score (nSPS) is 17.6. The summed E-state index contributed by atoms with van der Waals surface area (Å²) in [4.78, 5) is 28.4. The Hall–Kier alpha value is -2.76. The average molecular weight is 492 g/mol. The van der Waals surface area contributed by atoms with E-state index in [9.17, 15) is 14.7 Å². The van der Waals surface area contributed by atoms with Crippen LogP contribution in [-0.2, 0) is 16.9 Å². The second kappa shape index (κ2) is 8.30. The molecule has 32 heavy (non-hydrogen) atoms. The summed E-state index contributed by atoms with van der Waals surface area (Å²) in [6.07, 6.45) is -0.303. The summed E-state index contributed by atoms with van der Waals surface area (Å²) in [5.74, 6) is -0.720. The number of carbonyl (C=O) groups is 2. The standard InChI is InChI=1S/C27H26BrNO3/c1-16-6-9-22(19(4)11-16)25(30)14-27(32)23-13-21(28)8-10-24(23)29(26(27)31)15-20-12-17(2)5-7-18(20)3/h5-13,32H,14-15H2,1-4H3/t27-/m0/s1. The summed E-state index contributed by atoms with van der Waals surface area (Å²) in [7, 11) is 0. The van der Waals surface area contributed by atoms with Crippen molar-refractivity contribution >= 4 is 33.3 Å². The molecule has 0 aliphatic carbocycles. The second-order valence-corrected chi connectivity index (χ2v) is 9.68. The number of aryl methyl sites for hydroxylation is 4. The topological polar surface area (TPSA) is 57.6 Å². The zero-order valence-corrected chi connectivity index (χ0v) is 20.3. The van der Waals surface area contributed by atoms with E-state index in [1.807, 2.05) is 64.1 Å². The highest BCUT2D eigenvalue weighted by Crippen LogP contribution is 2.45. The van der Waals surface area contributed by atoms with Gasteiger partial charge in [-0.15, -0.1) is 0 Å². The fourth-order valence-corrected chi connectivity index (χ4v) is 4.81. The number of rotatable bonds is 5. The van der Waals surface area contributed by atoms with Gasteiger partial charge in [0.05, 0.1) is 18.7 Å². The maximum absolute atomic E-state index is 13.6. The maximum atomic E-state index is 13.6. The van der Waals surface area contributed by atoms with E-state index in [1.54, 1.807) is 17.0 Å². The lowest BCUT2D eigenvalue weighted by Gasteiger charge is -2.24. The molecule has 5 heteroatoms. The van der Waals surface area contributed by atoms with Crippen LogP contribution < -0.4 is 4.90 Å². The van der Waals surface area contributed by atoms with Gasteiger partial charge in [-0.05, 0) is 62.6 Å². The number of carbonyl (C=O) groups excluding carboxylic acids is 2. The van der Waals surface area contributed by atoms with Crippen molar-refractivity contribution in [1.29, 1.82) is 0 Å². The monoisotopic (exact) mass is 491 g/mol. The van der Waals surface area contributed by atoms with Crippen LogP contribution in [0.15, 0.2) is 59.1 Å². The second-order valence-electron chi connectivity index (χ2n) is 8.76. The number of nitrogens with zero attached hydrogens (tertiary/aromatic N) is 1. The minimum absolute atomic E-state index is 0.252. The quantitative estimate of drug-likeness (QED) is 0.466. The summed E-state index contributed by atoms with van der Waals surface area (Å²) in [6.45, 7) is 8.19. The van der Waals surface area contributed by atoms with Gasteiger partial charge in [-0.2, -0.15) is 0 Å². The van der Waals surface area contributed by atoms with Crippen LogP contribution in [0.4, 0.5) is 5.69 Å². The molecule has 0 saturated heterocycles. The van der Waals surface area contributed by atoms with E-state index in [4.69, 9.17) is 0 Å². The van der Waals surface area contributed by atoms with Crippen LogP contribution in [0.2, 0.25) is 0 Å². The molecule has 0 unspecified atom stereocenters. The predicted octanol–water partition coefficient (Wildman–Crippen LogP) is 5.69. The van der Waals surface area contributed by atoms with Gasteiger partial charge in [0.25, 0.3) is 5.91 Å². The molecule has 0 aromatic heterocycles. The molecule has 3 aromatic carbocycles. The fraction of sp³-hybridized carbons (Fsp3) is 0.259. The molecule has 1 heterocycles. The van der Waals surface area contributed by atoms with Crippen molar-refractivity contribution < 1.29 is 14.7 Å². The van der Waals surface area contributed by atoms with Gasteiger partial charge >= 0.3 is 0 Å². The molecule has 3 aromatic rings. The lowest BCUT2D eigenvalue weighted by atomic mass is 9.87. The Morgan fingerprint density at radius 2 is 1.62 bits per heavy atom. The predicted molar refractivity (Wildman–Crippen MR) is 130 cm³/mol. The summed E-state index contributed by atoms with van der Waals surface area (Å²) in [6, 6.07) is 17.1. The molecule has 1 aliphatic heterocycles. The van der Waals surface area contributed by atoms with Crippen molar-refractivity contribution in [3.8, 4) is 0 Å². The molecule has 4 nitrogen and oxygen atoms in total. The van der Waals surface area contributed by atoms with E-state index in [0.717, 1.165) is 32.3 Å². The summed E-state index contributed by atoms with van der Waals surface area (Å²) < 4.78 is 0.745. The van der Waals surface area contributed by atoms with Gasteiger partial charge in [-0.3, -0.25) is 9.59 Å². The SMILES string of the molecule is Cc1ccc(C(=O)C[C@@]2(O)C(=O)N(Cc3cc(C)ccc3C)c3ccc(Br)cc32)c(C)c1. The third-order valence-electron chi connectivity index (χ3n) is 6.23. The Morgan fingerprint density at radius 1 is 0.938 bits per heavy atom. The van der Waals surface area contributed by atoms with Gasteiger partial charge in [-0.25, -0.2) is 0 Å². The summed E-state index contributed by atoms with van der Waals surface area (Å²) in [5.41, 5.74) is 4.80. The van der Waals surface area contributed by atoms with Gasteiger partial charge in [0.15, 0.2) is 11.4 Å². The molecule has 0 saturated carbocycles. The lowest BCUT2D eigenvalue weighted by molar-refractivity contribution is -0.136. The van der Waals surface area contributed by atoms with E-state index in [1.165, 1.54) is 0 Å². The highest BCUT2D eigenvalue weighted by Gasteiger charge is 2.51. The van der Waals surface area contributed by atoms with Crippen molar-refractivity contribution in [2.24, 2.45) is 0 Å². The first-order chi connectivity index (χ1) is 15.1. The highest BCUT2D eigenvalue weighted by molar-refractivity contribution is 9.10. The number of halogens is 1. The minimum atomic E-state index is -1.91. The van der Waals surface area contributed by atoms with E-state index in [2.05, 4.69) is 22.0 Å². The van der Waals surface area contributed by atoms with Crippen LogP contribution >= 0.6 is 15.9 Å². The number of fused-ring (bicyclic) bond motifs is 1. The summed E-state index contributed by atoms with van der Waals surface area (Å²) in [5, 5.41) is 11.7. The average Bonchev–Trinajstić information content (AvgIpc) is 2.92. The van der Waals surface area contributed by atoms with E-state index in [0.29, 0.717) is 23.4 Å². The van der Waals surface area contributed by atoms with Gasteiger partial charge < -0.3 is 10.0 Å². The molecule has 1 atom stereocenters. The number of amides is 1. The van der Waals surface area contributed by atoms with Crippen molar-refractivity contribution in [3.63, 3.8) is 0 Å². The van der Waals surface area contributed by atoms with Crippen LogP contribution in [-0.4, -0.2) is 16.8 Å². The Kier molecular flexibility index (Phi) is 5.82. The first-order valence-corrected chi connectivity index (χ1v) is 11.4. The van der Waals surface area contributed by atoms with E-state index >= 15 is 0 Å². The van der Waals surface area contributed by atoms with Crippen LogP contribution in [0.25, 0.3) is 0 Å². The van der Waals surface area contributed by atoms with Gasteiger partial charge in [-0.1, -0.05) is 63.5 Å². The molecule has 0 fully saturated rings. The van der Waals surface area contributed by atoms with E-state index in [-0.39, 0.29) is 12.2 Å². The third-order valence-corrected chi connectivity index (χ3v) is 6.72. The molecule has 4 rings (SSSR count). The Balaban J connectivity index is 1.74. The number of hydrogen-bond acceptors (Lipinski definition) is 3. The first-order valence-electron chi connectivity index (χ1n) is 10.6. The first kappa shape index (κ1) is 22.4. The maximum Gasteiger partial charge on any atom is 0.264 e. The van der Waals surface area contributed by atoms with Gasteiger partial charge in [0.2, 0.25) is 0 Å². The van der Waals surface area contributed by atoms with Gasteiger partial charge in [0.1, 0.15) is 0 Å². The Morgan fingerprint density at radius 3 is 2.34 bits per heavy atom. The minimum Gasteiger partial charge on any atom is -0.375 e. The molecule has 0 spiro atoms. The van der Waals surface area contributed by atoms with Gasteiger partial charge in [0, 0.05) is 15.6 Å². The largest absolute Gasteiger partial charge is 0.375 e. The molecular formula is C27H26BrNO3. The molecule has 164 valence electrons. The molecule has 1 amide bonds. The van der Waals surface area contributed by atoms with Crippen molar-refractivity contribution in [2.45, 2.75) is 46.3 Å². The Labute approximate surface area is 197 Å². The smallest absolute Gasteiger partial charge is 0.264 e. The Bertz CT molecular complexity index is 1250. The van der Waals surface area contributed by atoms with Crippen LogP contribution in [0.5, 0.6) is 0 Å². The van der Waals surface area contributed by atoms with Crippen LogP contribution in [0.1, 0.15) is 50.2 Å². The number of hydrogen-bond donors (Lipinski definition) is 1. The van der Waals surface area contributed by atoms with Crippen LogP contribution in [0, 0.1) is 27.7 Å². The molecule has 1 aliphatic rings. The molecule has 0 radical (unpaired) electrons. The number of anilines is 1. The molecular weight excluding hydrogens is 466 g/mol. The van der Waals surface area contributed by atoms with Crippen molar-refractivity contribution in [1.82, 2.24) is 0 Å². The zero-order valence-electron chi connectivity index (χ0n) is 18.7. The van der Waals surface area contributed by atoms with Crippen LogP contribution in [0.3, 0.4) is 0 Å². The highest BCUT2D eigenvalue weighted by atomic mass is 79.9. The van der Waals surface area contributed by atoms with Crippen molar-refractivity contribution in [3.05, 3.63) is 98.0 Å². The number of aliphatic hydroxyl groups is 1. The lowest BCUT2D eigenvalue weighted by Crippen LogP contribution is -2.41. The number of Topliss-reactive ketones (excluding diaryl/α,β-unsaturated/α-hetero) is 1. The third kappa shape index (κ3) is 3.91. The van der Waals surface area contributed by atoms with E-state index < -0.39 is 11.5 Å². The number of ketones is 1. The molecule has 1 N–H and O–H groups in total.